The number of benzene rings is 5. The number of methoxy groups -OCH3 is 1. The molecular formula is C54H60N2O8. The summed E-state index contributed by atoms with van der Waals surface area (Å²) in [4.78, 5) is 17.2. The number of piperidine rings is 1. The van der Waals surface area contributed by atoms with Crippen LogP contribution in [0.1, 0.15) is 46.2 Å². The molecule has 2 heterocycles. The summed E-state index contributed by atoms with van der Waals surface area (Å²) in [6.45, 7) is 2.36. The molecule has 6 unspecified atom stereocenters. The molecule has 10 heteroatoms. The van der Waals surface area contributed by atoms with E-state index >= 15 is 0 Å². The molecule has 10 nitrogen and oxygen atoms in total. The molecule has 2 bridgehead atoms. The van der Waals surface area contributed by atoms with Gasteiger partial charge in [-0.1, -0.05) is 140 Å². The Kier molecular flexibility index (Phi) is 14.0. The second-order valence-corrected chi connectivity index (χ2v) is 17.7. The lowest BCUT2D eigenvalue weighted by Gasteiger charge is -2.60. The number of carbonyl (C=O) groups excluding carboxylic acids is 1. The first-order valence-electron chi connectivity index (χ1n) is 22.7. The SMILES string of the molecule is COC1[C@H](NC(=O)CC2OC(COCc3ccccc3)C(OCc3ccccc3)C(OCc3ccccc3)C2OCc2ccccc2)C=C[C@H]2[C@H]3Cc4ccc(O)cc4[C@@]12CCN3C. The summed E-state index contributed by atoms with van der Waals surface area (Å²) in [5.41, 5.74) is 5.94. The summed E-state index contributed by atoms with van der Waals surface area (Å²) in [5.74, 6) is 0.196. The molecule has 334 valence electrons. The number of nitrogens with one attached hydrogen (secondary N) is 1. The van der Waals surface area contributed by atoms with E-state index in [-0.39, 0.29) is 49.4 Å². The molecule has 10 atom stereocenters. The third-order valence-corrected chi connectivity index (χ3v) is 13.8. The van der Waals surface area contributed by atoms with Gasteiger partial charge in [0, 0.05) is 24.5 Å². The molecule has 5 aromatic rings. The molecule has 1 amide bonds. The smallest absolute Gasteiger partial charge is 0.223 e. The molecule has 4 aliphatic rings. The number of phenols is 1. The van der Waals surface area contributed by atoms with Gasteiger partial charge in [-0.05, 0) is 71.9 Å². The van der Waals surface area contributed by atoms with E-state index < -0.39 is 42.0 Å². The zero-order chi connectivity index (χ0) is 43.9. The minimum absolute atomic E-state index is 0.00875. The lowest BCUT2D eigenvalue weighted by Crippen LogP contribution is -2.68. The fraction of sp³-hybridized carbons (Fsp3) is 0.389. The van der Waals surface area contributed by atoms with Crippen LogP contribution in [-0.4, -0.2) is 91.9 Å². The molecule has 2 saturated heterocycles. The quantitative estimate of drug-likeness (QED) is 0.0910. The van der Waals surface area contributed by atoms with Crippen LogP contribution in [0.25, 0.3) is 0 Å². The van der Waals surface area contributed by atoms with E-state index in [1.54, 1.807) is 13.2 Å². The first-order chi connectivity index (χ1) is 31.4. The number of rotatable bonds is 17. The Morgan fingerprint density at radius 2 is 1.27 bits per heavy atom. The van der Waals surface area contributed by atoms with Gasteiger partial charge in [0.2, 0.25) is 5.91 Å². The molecule has 0 saturated carbocycles. The second kappa shape index (κ2) is 20.3. The summed E-state index contributed by atoms with van der Waals surface area (Å²) in [6, 6.07) is 45.8. The van der Waals surface area contributed by atoms with Crippen molar-refractivity contribution in [3.63, 3.8) is 0 Å². The maximum absolute atomic E-state index is 14.7. The van der Waals surface area contributed by atoms with Gasteiger partial charge in [-0.2, -0.15) is 0 Å². The maximum Gasteiger partial charge on any atom is 0.223 e. The molecule has 2 aliphatic heterocycles. The summed E-state index contributed by atoms with van der Waals surface area (Å²) < 4.78 is 40.6. The molecule has 2 N–H and O–H groups in total. The van der Waals surface area contributed by atoms with Gasteiger partial charge in [0.1, 0.15) is 30.2 Å². The molecule has 0 spiro atoms. The first-order valence-corrected chi connectivity index (χ1v) is 22.7. The largest absolute Gasteiger partial charge is 0.508 e. The monoisotopic (exact) mass is 864 g/mol. The van der Waals surface area contributed by atoms with E-state index in [4.69, 9.17) is 28.4 Å². The van der Waals surface area contributed by atoms with Gasteiger partial charge in [-0.3, -0.25) is 4.79 Å². The maximum atomic E-state index is 14.7. The zero-order valence-corrected chi connectivity index (χ0v) is 36.7. The molecule has 0 aromatic heterocycles. The van der Waals surface area contributed by atoms with Crippen molar-refractivity contribution in [2.75, 3.05) is 27.3 Å². The van der Waals surface area contributed by atoms with Crippen LogP contribution >= 0.6 is 0 Å². The minimum atomic E-state index is -0.731. The fourth-order valence-corrected chi connectivity index (χ4v) is 10.7. The fourth-order valence-electron chi connectivity index (χ4n) is 10.7. The number of aromatic hydroxyl groups is 1. The Morgan fingerprint density at radius 1 is 0.719 bits per heavy atom. The predicted molar refractivity (Wildman–Crippen MR) is 244 cm³/mol. The van der Waals surface area contributed by atoms with Crippen molar-refractivity contribution in [2.24, 2.45) is 5.92 Å². The van der Waals surface area contributed by atoms with Crippen molar-refractivity contribution in [1.29, 1.82) is 0 Å². The van der Waals surface area contributed by atoms with Gasteiger partial charge in [0.05, 0.1) is 57.7 Å². The minimum Gasteiger partial charge on any atom is -0.508 e. The number of likely N-dealkylation sites (tertiary alicyclic amines) is 1. The molecule has 9 rings (SSSR count). The van der Waals surface area contributed by atoms with Crippen molar-refractivity contribution in [3.05, 3.63) is 185 Å². The lowest BCUT2D eigenvalue weighted by atomic mass is 9.52. The van der Waals surface area contributed by atoms with E-state index in [9.17, 15) is 9.90 Å². The number of nitrogens with zero attached hydrogens (tertiary/aromatic N) is 1. The number of carbonyl (C=O) groups is 1. The van der Waals surface area contributed by atoms with Gasteiger partial charge < -0.3 is 43.7 Å². The number of amides is 1. The predicted octanol–water partition coefficient (Wildman–Crippen LogP) is 7.71. The van der Waals surface area contributed by atoms with Crippen LogP contribution in [0.4, 0.5) is 0 Å². The van der Waals surface area contributed by atoms with Crippen molar-refractivity contribution in [3.8, 4) is 5.75 Å². The van der Waals surface area contributed by atoms with Crippen LogP contribution in [0.5, 0.6) is 5.75 Å². The van der Waals surface area contributed by atoms with E-state index in [0.717, 1.165) is 47.2 Å². The number of phenolic OH excluding ortho intramolecular Hbond substituents is 1. The van der Waals surface area contributed by atoms with E-state index in [0.29, 0.717) is 19.8 Å². The molecule has 5 aromatic carbocycles. The van der Waals surface area contributed by atoms with Crippen molar-refractivity contribution < 1.29 is 38.3 Å². The Balaban J connectivity index is 1.03. The first kappa shape index (κ1) is 44.1. The molecule has 2 fully saturated rings. The van der Waals surface area contributed by atoms with Crippen LogP contribution < -0.4 is 5.32 Å². The number of ether oxygens (including phenoxy) is 6. The van der Waals surface area contributed by atoms with Gasteiger partial charge in [-0.15, -0.1) is 0 Å². The average Bonchev–Trinajstić information content (AvgIpc) is 3.32. The highest BCUT2D eigenvalue weighted by Gasteiger charge is 2.59. The average molecular weight is 865 g/mol. The van der Waals surface area contributed by atoms with Crippen molar-refractivity contribution >= 4 is 5.91 Å². The van der Waals surface area contributed by atoms with Gasteiger partial charge >= 0.3 is 0 Å². The highest BCUT2D eigenvalue weighted by molar-refractivity contribution is 5.77. The Bertz CT molecular complexity index is 2300. The van der Waals surface area contributed by atoms with Crippen LogP contribution in [0.2, 0.25) is 0 Å². The Morgan fingerprint density at radius 3 is 1.84 bits per heavy atom. The normalized spacial score (nSPS) is 28.5. The van der Waals surface area contributed by atoms with Crippen LogP contribution in [-0.2, 0) is 71.5 Å². The molecular weight excluding hydrogens is 805 g/mol. The molecule has 0 radical (unpaired) electrons. The van der Waals surface area contributed by atoms with Gasteiger partial charge in [0.15, 0.2) is 0 Å². The highest BCUT2D eigenvalue weighted by Crippen LogP contribution is 2.55. The highest BCUT2D eigenvalue weighted by atomic mass is 16.6. The summed E-state index contributed by atoms with van der Waals surface area (Å²) in [7, 11) is 3.93. The summed E-state index contributed by atoms with van der Waals surface area (Å²) in [5, 5.41) is 14.2. The summed E-state index contributed by atoms with van der Waals surface area (Å²) >= 11 is 0. The van der Waals surface area contributed by atoms with Gasteiger partial charge in [0.25, 0.3) is 0 Å². The van der Waals surface area contributed by atoms with Crippen LogP contribution in [0.15, 0.2) is 152 Å². The lowest BCUT2D eigenvalue weighted by molar-refractivity contribution is -0.272. The zero-order valence-electron chi connectivity index (χ0n) is 36.7. The molecule has 2 aliphatic carbocycles. The number of hydrogen-bond donors (Lipinski definition) is 2. The number of likely N-dealkylation sites (N-methyl/N-ethyl adjacent to an activating group) is 1. The topological polar surface area (TPSA) is 108 Å². The third kappa shape index (κ3) is 9.60. The van der Waals surface area contributed by atoms with Gasteiger partial charge in [-0.25, -0.2) is 0 Å². The molecule has 64 heavy (non-hydrogen) atoms. The van der Waals surface area contributed by atoms with Crippen molar-refractivity contribution in [1.82, 2.24) is 10.2 Å². The van der Waals surface area contributed by atoms with E-state index in [2.05, 4.69) is 35.5 Å². The summed E-state index contributed by atoms with van der Waals surface area (Å²) in [6.07, 6.45) is 2.42. The Labute approximate surface area is 377 Å². The van der Waals surface area contributed by atoms with E-state index in [1.165, 1.54) is 5.56 Å². The Hall–Kier alpha value is -5.17. The van der Waals surface area contributed by atoms with Crippen LogP contribution in [0, 0.1) is 5.92 Å². The third-order valence-electron chi connectivity index (χ3n) is 13.8. The number of hydrogen-bond acceptors (Lipinski definition) is 9. The second-order valence-electron chi connectivity index (χ2n) is 17.7. The van der Waals surface area contributed by atoms with Crippen LogP contribution in [0.3, 0.4) is 0 Å². The van der Waals surface area contributed by atoms with E-state index in [1.807, 2.05) is 127 Å². The standard InChI is InChI=1S/C54H60N2O8/c1-56-28-27-54-43(46(56)29-41-23-24-42(57)30-44(41)54)25-26-45(53(54)59-2)55-49(58)31-47-50(61-33-38-17-9-4-10-18-38)52(63-35-40-21-13-6-14-22-40)51(62-34-39-19-11-5-12-20-39)48(64-47)36-60-32-37-15-7-3-8-16-37/h3-26,30,43,45-48,50-53,57H,27-29,31-36H2,1-2H3,(H,55,58)/t43-,45+,46+,47?,48?,50?,51?,52?,53?,54-/m0/s1. The van der Waals surface area contributed by atoms with Crippen molar-refractivity contribution in [2.45, 2.75) is 99.8 Å². The number of fused-ring (bicyclic) bond motifs is 1.